The average Bonchev–Trinajstić information content (AvgIpc) is 2.69. The Morgan fingerprint density at radius 2 is 1.53 bits per heavy atom. The second-order valence-electron chi connectivity index (χ2n) is 7.74. The molecule has 0 aliphatic rings. The Bertz CT molecular complexity index is 834. The van der Waals surface area contributed by atoms with E-state index in [-0.39, 0.29) is 26.1 Å². The highest BCUT2D eigenvalue weighted by Crippen LogP contribution is 2.12. The van der Waals surface area contributed by atoms with Gasteiger partial charge in [0.05, 0.1) is 19.6 Å². The zero-order valence-electron chi connectivity index (χ0n) is 18.2. The van der Waals surface area contributed by atoms with E-state index in [4.69, 9.17) is 10.5 Å². The maximum Gasteiger partial charge on any atom is 0.408 e. The number of nitrogens with two attached hydrogens (primary N) is 1. The number of rotatable bonds is 10. The van der Waals surface area contributed by atoms with Crippen LogP contribution in [0.4, 0.5) is 10.5 Å². The molecule has 0 fully saturated rings. The van der Waals surface area contributed by atoms with Crippen molar-refractivity contribution in [3.05, 3.63) is 29.8 Å². The highest BCUT2D eigenvalue weighted by atomic mass is 16.6. The van der Waals surface area contributed by atoms with Gasteiger partial charge in [0.1, 0.15) is 11.6 Å². The van der Waals surface area contributed by atoms with E-state index < -0.39 is 41.4 Å². The lowest BCUT2D eigenvalue weighted by Gasteiger charge is -2.22. The topological polar surface area (TPSA) is 189 Å². The molecule has 0 spiro atoms. The summed E-state index contributed by atoms with van der Waals surface area (Å²) < 4.78 is 5.07. The third-order valence-corrected chi connectivity index (χ3v) is 3.74. The van der Waals surface area contributed by atoms with Gasteiger partial charge in [-0.05, 0) is 38.5 Å². The summed E-state index contributed by atoms with van der Waals surface area (Å²) in [5.74, 6) is -2.75. The molecule has 0 bridgehead atoms. The molecule has 4 amide bonds. The number of anilines is 1. The molecule has 1 aromatic rings. The second kappa shape index (κ2) is 12.2. The normalized spacial score (nSPS) is 11.6. The molecule has 32 heavy (non-hydrogen) atoms. The second-order valence-corrected chi connectivity index (χ2v) is 7.74. The summed E-state index contributed by atoms with van der Waals surface area (Å²) in [6.07, 6.45) is -0.827. The third-order valence-electron chi connectivity index (χ3n) is 3.74. The van der Waals surface area contributed by atoms with Crippen molar-refractivity contribution < 1.29 is 33.8 Å². The quantitative estimate of drug-likeness (QED) is 0.270. The summed E-state index contributed by atoms with van der Waals surface area (Å²) in [6, 6.07) is 5.12. The minimum absolute atomic E-state index is 0.00732. The Kier molecular flexibility index (Phi) is 10.1. The molecule has 1 rings (SSSR count). The number of nitrogens with one attached hydrogen (secondary N) is 4. The molecule has 176 valence electrons. The first-order valence-corrected chi connectivity index (χ1v) is 9.74. The summed E-state index contributed by atoms with van der Waals surface area (Å²) in [5, 5.41) is 18.8. The fraction of sp³-hybridized carbons (Fsp3) is 0.450. The number of benzene rings is 1. The first-order chi connectivity index (χ1) is 14.9. The molecule has 7 N–H and O–H groups in total. The lowest BCUT2D eigenvalue weighted by molar-refractivity contribution is -0.139. The number of aliphatic carboxylic acids is 1. The van der Waals surface area contributed by atoms with E-state index in [1.54, 1.807) is 45.0 Å². The van der Waals surface area contributed by atoms with Crippen LogP contribution in [0.3, 0.4) is 0 Å². The molecule has 12 nitrogen and oxygen atoms in total. The van der Waals surface area contributed by atoms with Gasteiger partial charge in [-0.3, -0.25) is 14.4 Å². The van der Waals surface area contributed by atoms with Crippen LogP contribution in [0.25, 0.3) is 0 Å². The predicted octanol–water partition coefficient (Wildman–Crippen LogP) is -0.663. The molecule has 0 radical (unpaired) electrons. The lowest BCUT2D eigenvalue weighted by atomic mass is 10.1. The van der Waals surface area contributed by atoms with Gasteiger partial charge in [-0.15, -0.1) is 0 Å². The van der Waals surface area contributed by atoms with Crippen LogP contribution in [0, 0.1) is 0 Å². The van der Waals surface area contributed by atoms with Crippen LogP contribution in [0.5, 0.6) is 0 Å². The highest BCUT2D eigenvalue weighted by molar-refractivity contribution is 5.95. The number of carbonyl (C=O) groups is 5. The summed E-state index contributed by atoms with van der Waals surface area (Å²) >= 11 is 0. The van der Waals surface area contributed by atoms with Gasteiger partial charge in [0.2, 0.25) is 17.7 Å². The number of carboxylic acids is 1. The van der Waals surface area contributed by atoms with Crippen molar-refractivity contribution in [2.75, 3.05) is 25.0 Å². The van der Waals surface area contributed by atoms with Crippen molar-refractivity contribution >= 4 is 35.5 Å². The van der Waals surface area contributed by atoms with Crippen LogP contribution >= 0.6 is 0 Å². The van der Waals surface area contributed by atoms with Crippen LogP contribution in [-0.4, -0.2) is 66.2 Å². The van der Waals surface area contributed by atoms with Gasteiger partial charge in [-0.25, -0.2) is 9.59 Å². The summed E-state index contributed by atoms with van der Waals surface area (Å²) in [6.45, 7) is 4.16. The maximum atomic E-state index is 11.9. The Morgan fingerprint density at radius 3 is 2.06 bits per heavy atom. The predicted molar refractivity (Wildman–Crippen MR) is 115 cm³/mol. The van der Waals surface area contributed by atoms with Crippen LogP contribution in [0.1, 0.15) is 26.3 Å². The van der Waals surface area contributed by atoms with Crippen LogP contribution in [0.2, 0.25) is 0 Å². The fourth-order valence-corrected chi connectivity index (χ4v) is 2.31. The van der Waals surface area contributed by atoms with Gasteiger partial charge < -0.3 is 36.8 Å². The van der Waals surface area contributed by atoms with E-state index in [1.807, 2.05) is 0 Å². The monoisotopic (exact) mass is 451 g/mol. The largest absolute Gasteiger partial charge is 0.480 e. The molecule has 1 aromatic carbocycles. The van der Waals surface area contributed by atoms with Crippen LogP contribution in [-0.2, 0) is 30.3 Å². The SMILES string of the molecule is CC(C)(C)OC(=O)NC(Cc1ccc(NC(=O)CNC(=O)CNC(=O)CN)cc1)C(=O)O. The molecule has 0 saturated carbocycles. The van der Waals surface area contributed by atoms with Crippen molar-refractivity contribution in [3.63, 3.8) is 0 Å². The van der Waals surface area contributed by atoms with E-state index in [1.165, 1.54) is 0 Å². The molecule has 1 unspecified atom stereocenters. The number of ether oxygens (including phenoxy) is 1. The van der Waals surface area contributed by atoms with Crippen LogP contribution < -0.4 is 27.0 Å². The molecular weight excluding hydrogens is 422 g/mol. The van der Waals surface area contributed by atoms with Crippen LogP contribution in [0.15, 0.2) is 24.3 Å². The number of carboxylic acid groups (broad SMARTS) is 1. The van der Waals surface area contributed by atoms with Gasteiger partial charge in [-0.1, -0.05) is 12.1 Å². The fourth-order valence-electron chi connectivity index (χ4n) is 2.31. The molecular formula is C20H29N5O7. The van der Waals surface area contributed by atoms with Gasteiger partial charge >= 0.3 is 12.1 Å². The van der Waals surface area contributed by atoms with E-state index >= 15 is 0 Å². The Morgan fingerprint density at radius 1 is 0.969 bits per heavy atom. The van der Waals surface area contributed by atoms with Crippen molar-refractivity contribution in [3.8, 4) is 0 Å². The van der Waals surface area contributed by atoms with Crippen molar-refractivity contribution in [1.82, 2.24) is 16.0 Å². The Labute approximate surface area is 185 Å². The van der Waals surface area contributed by atoms with Gasteiger partial charge in [0.25, 0.3) is 0 Å². The Balaban J connectivity index is 2.54. The molecule has 1 atom stereocenters. The number of hydrogen-bond donors (Lipinski definition) is 6. The van der Waals surface area contributed by atoms with E-state index in [0.29, 0.717) is 11.3 Å². The highest BCUT2D eigenvalue weighted by Gasteiger charge is 2.24. The molecule has 0 heterocycles. The standard InChI is InChI=1S/C20H29N5O7/c1-20(2,3)32-19(31)25-14(18(29)30)8-12-4-6-13(7-5-12)24-17(28)11-23-16(27)10-22-15(26)9-21/h4-7,14H,8-11,21H2,1-3H3,(H,22,26)(H,23,27)(H,24,28)(H,25,31)(H,29,30). The van der Waals surface area contributed by atoms with Gasteiger partial charge in [0, 0.05) is 12.1 Å². The van der Waals surface area contributed by atoms with Gasteiger partial charge in [0.15, 0.2) is 0 Å². The van der Waals surface area contributed by atoms with E-state index in [2.05, 4.69) is 21.3 Å². The van der Waals surface area contributed by atoms with Crippen molar-refractivity contribution in [2.45, 2.75) is 38.8 Å². The van der Waals surface area contributed by atoms with Crippen molar-refractivity contribution in [2.24, 2.45) is 5.73 Å². The number of hydrogen-bond acceptors (Lipinski definition) is 7. The molecule has 0 aliphatic heterocycles. The van der Waals surface area contributed by atoms with Crippen molar-refractivity contribution in [1.29, 1.82) is 0 Å². The zero-order chi connectivity index (χ0) is 24.3. The molecule has 0 aliphatic carbocycles. The first-order valence-electron chi connectivity index (χ1n) is 9.74. The summed E-state index contributed by atoms with van der Waals surface area (Å²) in [5.41, 5.74) is 5.38. The molecule has 12 heteroatoms. The number of carbonyl (C=O) groups excluding carboxylic acids is 4. The number of amides is 4. The maximum absolute atomic E-state index is 11.9. The Hall–Kier alpha value is -3.67. The average molecular weight is 451 g/mol. The smallest absolute Gasteiger partial charge is 0.408 e. The van der Waals surface area contributed by atoms with Gasteiger partial charge in [-0.2, -0.15) is 0 Å². The van der Waals surface area contributed by atoms with E-state index in [9.17, 15) is 29.1 Å². The minimum atomic E-state index is -1.22. The first kappa shape index (κ1) is 26.4. The summed E-state index contributed by atoms with van der Waals surface area (Å²) in [4.78, 5) is 57.7. The summed E-state index contributed by atoms with van der Waals surface area (Å²) in [7, 11) is 0. The third kappa shape index (κ3) is 10.9. The number of alkyl carbamates (subject to hydrolysis) is 1. The molecule has 0 saturated heterocycles. The van der Waals surface area contributed by atoms with E-state index in [0.717, 1.165) is 0 Å². The zero-order valence-corrected chi connectivity index (χ0v) is 18.2. The lowest BCUT2D eigenvalue weighted by Crippen LogP contribution is -2.44. The minimum Gasteiger partial charge on any atom is -0.480 e. The molecule has 0 aromatic heterocycles.